The minimum atomic E-state index is -0.932. The van der Waals surface area contributed by atoms with Crippen LogP contribution in [-0.2, 0) is 0 Å². The van der Waals surface area contributed by atoms with Gasteiger partial charge in [0, 0.05) is 0 Å². The molecule has 0 aliphatic heterocycles. The normalized spacial score (nSPS) is 18.2. The van der Waals surface area contributed by atoms with E-state index in [0.29, 0.717) is 0 Å². The van der Waals surface area contributed by atoms with Crippen LogP contribution in [0.1, 0.15) is 0 Å². The number of hydrogen-bond acceptors (Lipinski definition) is 0. The van der Waals surface area contributed by atoms with E-state index in [1.54, 1.807) is 0 Å². The predicted octanol–water partition coefficient (Wildman–Crippen LogP) is 21.8. The van der Waals surface area contributed by atoms with E-state index in [4.69, 9.17) is 5.70 Å². The van der Waals surface area contributed by atoms with Crippen LogP contribution < -0.4 is 0 Å². The van der Waals surface area contributed by atoms with E-state index in [9.17, 15) is 0 Å². The fourth-order valence-corrected chi connectivity index (χ4v) is 4030. The van der Waals surface area contributed by atoms with Gasteiger partial charge in [-0.1, -0.05) is 0 Å². The molecule has 2 radical (unpaired) electrons. The van der Waals surface area contributed by atoms with Crippen LogP contribution in [0.5, 0.6) is 0 Å². The summed E-state index contributed by atoms with van der Waals surface area (Å²) in [6, 6.07) is 0. The van der Waals surface area contributed by atoms with Crippen LogP contribution in [0.4, 0.5) is 0 Å². The van der Waals surface area contributed by atoms with Gasteiger partial charge in [-0.05, 0) is 0 Å². The van der Waals surface area contributed by atoms with E-state index in [0.717, 1.165) is 0 Å². The second kappa shape index (κ2) is 26.3. The molecule has 0 nitrogen and oxygen atoms in total. The van der Waals surface area contributed by atoms with Gasteiger partial charge in [0.15, 0.2) is 0 Å². The van der Waals surface area contributed by atoms with Gasteiger partial charge in [-0.3, -0.25) is 0 Å². The van der Waals surface area contributed by atoms with Gasteiger partial charge in [0.2, 0.25) is 0 Å². The Morgan fingerprint density at radius 3 is 0.692 bits per heavy atom. The van der Waals surface area contributed by atoms with Gasteiger partial charge in [-0.2, -0.15) is 0 Å². The van der Waals surface area contributed by atoms with Gasteiger partial charge >= 0.3 is 346 Å². The molecule has 0 aromatic carbocycles. The number of rotatable bonds is 11. The maximum atomic E-state index is 6.50. The zero-order chi connectivity index (χ0) is 20.9. The van der Waals surface area contributed by atoms with Crippen LogP contribution in [0.15, 0.2) is 0 Å². The van der Waals surface area contributed by atoms with Crippen LogP contribution in [0.3, 0.4) is 0 Å². The molecule has 0 amide bonds. The molecule has 26 heteroatoms. The predicted molar refractivity (Wildman–Crippen MR) is 356 cm³/mol. The first-order valence-corrected chi connectivity index (χ1v) is 156. The average Bonchev–Trinajstić information content (AvgIpc) is 2.61. The van der Waals surface area contributed by atoms with Gasteiger partial charge in [-0.25, -0.2) is 0 Å². The summed E-state index contributed by atoms with van der Waals surface area (Å²) >= 11 is 39.0. The van der Waals surface area contributed by atoms with Crippen LogP contribution in [0, 0.1) is 0 Å². The molecule has 0 spiro atoms. The summed E-state index contributed by atoms with van der Waals surface area (Å²) < 4.78 is 0. The van der Waals surface area contributed by atoms with Gasteiger partial charge in [0.05, 0.1) is 0 Å². The van der Waals surface area contributed by atoms with Crippen molar-refractivity contribution in [1.29, 1.82) is 0 Å². The SMILES string of the molecule is [B]I(I)I(I)I(I)I(I)I(I)I(I)I(I)I(I)I(I)I(I)I(I)I(I)I. The standard InChI is InChI=1S/BI25/c1-15(2)17(5)19(7)21(9)23(11)25(13)26(14)24(12)22(10)20(8)18(6)16(3)4. The second-order valence-corrected chi connectivity index (χ2v) is 562. The van der Waals surface area contributed by atoms with Crippen molar-refractivity contribution in [1.82, 2.24) is 0 Å². The molecule has 178 valence electrons. The molecule has 0 unspecified atom stereocenters. The topological polar surface area (TPSA) is 0 Å². The Kier molecular flexibility index (Phi) is 44.8. The van der Waals surface area contributed by atoms with Crippen molar-refractivity contribution in [3.8, 4) is 0 Å². The Morgan fingerprint density at radius 1 is 0.308 bits per heavy atom. The molecule has 0 saturated heterocycles. The Labute approximate surface area is 327 Å². The summed E-state index contributed by atoms with van der Waals surface area (Å²) in [4.78, 5) is 0. The molecule has 0 aromatic heterocycles. The van der Waals surface area contributed by atoms with E-state index in [1.807, 2.05) is 0 Å². The fourth-order valence-electron chi connectivity index (χ4n) is 0.317. The molecule has 0 fully saturated rings. The third-order valence-corrected chi connectivity index (χ3v) is 1750. The average molecular weight is 3180 g/mol. The fraction of sp³-hybridized carbons (Fsp3) is 0. The first-order chi connectivity index (χ1) is 11.7. The zero-order valence-electron chi connectivity index (χ0n) is 10.0. The van der Waals surface area contributed by atoms with E-state index in [-0.39, 0.29) is 0 Å². The Bertz CT molecular complexity index is 338. The molecular formula is BI25. The van der Waals surface area contributed by atoms with Gasteiger partial charge in [-0.15, -0.1) is 0 Å². The summed E-state index contributed by atoms with van der Waals surface area (Å²) in [5.41, 5.74) is 6.50. The van der Waals surface area contributed by atoms with Crippen molar-refractivity contribution in [2.75, 3.05) is 0 Å². The Morgan fingerprint density at radius 2 is 0.500 bits per heavy atom. The van der Waals surface area contributed by atoms with Crippen molar-refractivity contribution in [3.63, 3.8) is 0 Å². The minimum absolute atomic E-state index is 0.429. The molecule has 0 N–H and O–H groups in total. The van der Waals surface area contributed by atoms with Gasteiger partial charge in [0.1, 0.15) is 0 Å². The van der Waals surface area contributed by atoms with Crippen LogP contribution in [0.2, 0.25) is 0 Å². The summed E-state index contributed by atoms with van der Waals surface area (Å²) in [5, 5.41) is 0. The molecule has 0 aliphatic carbocycles. The molecule has 0 bridgehead atoms. The summed E-state index contributed by atoms with van der Waals surface area (Å²) in [6.45, 7) is 0. The van der Waals surface area contributed by atoms with Crippen molar-refractivity contribution in [2.24, 2.45) is 0 Å². The molecule has 0 aliphatic rings. The van der Waals surface area contributed by atoms with Crippen LogP contribution >= 0.6 is 340 Å². The maximum absolute atomic E-state index is 6.50. The first kappa shape index (κ1) is 44.3. The van der Waals surface area contributed by atoms with Gasteiger partial charge < -0.3 is 0 Å². The second-order valence-electron chi connectivity index (χ2n) is 2.00. The van der Waals surface area contributed by atoms with Crippen molar-refractivity contribution in [2.45, 2.75) is 0 Å². The van der Waals surface area contributed by atoms with E-state index >= 15 is 0 Å². The molecule has 26 heavy (non-hydrogen) atoms. The van der Waals surface area contributed by atoms with E-state index in [2.05, 4.69) is 242 Å². The molecule has 0 atom stereocenters. The zero-order valence-corrected chi connectivity index (χ0v) is 64.0. The van der Waals surface area contributed by atoms with Crippen molar-refractivity contribution < 1.29 is 0 Å². The van der Waals surface area contributed by atoms with Crippen molar-refractivity contribution in [3.05, 3.63) is 0 Å². The molecule has 0 aromatic rings. The molecule has 0 heterocycles. The van der Waals surface area contributed by atoms with Crippen LogP contribution in [0.25, 0.3) is 0 Å². The third-order valence-electron chi connectivity index (χ3n) is 0.919. The quantitative estimate of drug-likeness (QED) is 0.143. The summed E-state index contributed by atoms with van der Waals surface area (Å²) in [6.07, 6.45) is 0. The molecule has 0 rings (SSSR count). The first-order valence-electron chi connectivity index (χ1n) is 3.65. The molecule has 0 saturated carbocycles. The van der Waals surface area contributed by atoms with Gasteiger partial charge in [0.25, 0.3) is 0 Å². The summed E-state index contributed by atoms with van der Waals surface area (Å²) in [5.74, 6) is 0. The monoisotopic (exact) mass is 3180 g/mol. The summed E-state index contributed by atoms with van der Waals surface area (Å²) in [7, 11) is -5.46. The number of hydrogen-bond donors (Lipinski definition) is 0. The van der Waals surface area contributed by atoms with E-state index < -0.39 is 98.5 Å². The third kappa shape index (κ3) is 18.6. The van der Waals surface area contributed by atoms with Crippen LogP contribution in [-0.4, -0.2) is 5.70 Å². The van der Waals surface area contributed by atoms with E-state index in [1.165, 1.54) is 0 Å². The molecular weight excluding hydrogens is 3180 g/mol. The van der Waals surface area contributed by atoms with Crippen molar-refractivity contribution >= 4 is 346 Å². The number of halogens is 25. The Balaban J connectivity index is 5.03. The Hall–Kier alpha value is 18.3.